The highest BCUT2D eigenvalue weighted by Crippen LogP contribution is 2.32. The Morgan fingerprint density at radius 3 is 2.84 bits per heavy atom. The number of nitrogens with zero attached hydrogens (tertiary/aromatic N) is 2. The molecule has 1 saturated carbocycles. The van der Waals surface area contributed by atoms with Gasteiger partial charge in [-0.2, -0.15) is 0 Å². The molecule has 2 aromatic rings. The topological polar surface area (TPSA) is 29.9 Å². The summed E-state index contributed by atoms with van der Waals surface area (Å²) in [6.07, 6.45) is 7.49. The minimum absolute atomic E-state index is 0.646. The quantitative estimate of drug-likeness (QED) is 0.902. The molecule has 2 aromatic heterocycles. The predicted octanol–water partition coefficient (Wildman–Crippen LogP) is 4.29. The normalized spacial score (nSPS) is 16.1. The van der Waals surface area contributed by atoms with E-state index in [4.69, 9.17) is 0 Å². The number of aromatic nitrogens is 2. The highest BCUT2D eigenvalue weighted by Gasteiger charge is 2.20. The van der Waals surface area contributed by atoms with Gasteiger partial charge in [-0.05, 0) is 43.7 Å². The molecule has 102 valence electrons. The summed E-state index contributed by atoms with van der Waals surface area (Å²) in [6, 6.07) is 2.82. The van der Waals surface area contributed by atoms with Gasteiger partial charge in [0.05, 0.1) is 12.2 Å². The van der Waals surface area contributed by atoms with Crippen molar-refractivity contribution in [2.75, 3.05) is 5.32 Å². The molecule has 1 aliphatic rings. The first-order valence-electron chi connectivity index (χ1n) is 7.06. The van der Waals surface area contributed by atoms with Crippen LogP contribution in [0.4, 0.5) is 5.95 Å². The van der Waals surface area contributed by atoms with Gasteiger partial charge in [-0.15, -0.1) is 11.3 Å². The van der Waals surface area contributed by atoms with Crippen LogP contribution in [0, 0.1) is 13.8 Å². The second-order valence-electron chi connectivity index (χ2n) is 5.43. The van der Waals surface area contributed by atoms with Gasteiger partial charge in [0.1, 0.15) is 0 Å². The van der Waals surface area contributed by atoms with Crippen molar-refractivity contribution in [1.29, 1.82) is 0 Å². The maximum atomic E-state index is 4.64. The monoisotopic (exact) mass is 275 g/mol. The Morgan fingerprint density at radius 2 is 2.16 bits per heavy atom. The molecule has 1 fully saturated rings. The summed E-state index contributed by atoms with van der Waals surface area (Å²) in [5, 5.41) is 5.67. The van der Waals surface area contributed by atoms with Gasteiger partial charge < -0.3 is 9.88 Å². The summed E-state index contributed by atoms with van der Waals surface area (Å²) in [5.74, 6) is 1.04. The van der Waals surface area contributed by atoms with E-state index >= 15 is 0 Å². The maximum Gasteiger partial charge on any atom is 0.203 e. The lowest BCUT2D eigenvalue weighted by molar-refractivity contribution is 0.522. The molecule has 0 unspecified atom stereocenters. The second-order valence-corrected chi connectivity index (χ2v) is 6.43. The number of hydrogen-bond donors (Lipinski definition) is 1. The molecule has 0 atom stereocenters. The third kappa shape index (κ3) is 2.68. The number of hydrogen-bond acceptors (Lipinski definition) is 3. The Balaban J connectivity index is 1.75. The van der Waals surface area contributed by atoms with Gasteiger partial charge in [0.2, 0.25) is 5.95 Å². The number of thiophene rings is 1. The molecule has 3 nitrogen and oxygen atoms in total. The van der Waals surface area contributed by atoms with E-state index in [-0.39, 0.29) is 0 Å². The number of imidazole rings is 1. The number of nitrogens with one attached hydrogen (secondary N) is 1. The van der Waals surface area contributed by atoms with E-state index in [2.05, 4.69) is 46.4 Å². The average Bonchev–Trinajstić information content (AvgIpc) is 3.07. The number of anilines is 1. The summed E-state index contributed by atoms with van der Waals surface area (Å²) >= 11 is 1.81. The number of rotatable bonds is 4. The van der Waals surface area contributed by atoms with E-state index in [0.717, 1.165) is 18.2 Å². The van der Waals surface area contributed by atoms with Crippen LogP contribution in [0.2, 0.25) is 0 Å². The first-order valence-corrected chi connectivity index (χ1v) is 7.94. The Morgan fingerprint density at radius 1 is 1.37 bits per heavy atom. The van der Waals surface area contributed by atoms with Crippen molar-refractivity contribution in [3.63, 3.8) is 0 Å². The molecule has 1 N–H and O–H groups in total. The van der Waals surface area contributed by atoms with Crippen LogP contribution >= 0.6 is 11.3 Å². The Hall–Kier alpha value is -1.29. The molecule has 1 aliphatic carbocycles. The summed E-state index contributed by atoms with van der Waals surface area (Å²) in [5.41, 5.74) is 2.48. The van der Waals surface area contributed by atoms with Crippen LogP contribution in [0.3, 0.4) is 0 Å². The standard InChI is InChI=1S/C15H21N3S/c1-11-7-8-19-14(11)9-16-15-17-12(2)10-18(15)13-5-3-4-6-13/h7-8,10,13H,3-6,9H2,1-2H3,(H,16,17). The molecule has 0 amide bonds. The third-order valence-electron chi connectivity index (χ3n) is 3.95. The van der Waals surface area contributed by atoms with Crippen LogP contribution in [0.1, 0.15) is 47.9 Å². The molecule has 0 aliphatic heterocycles. The highest BCUT2D eigenvalue weighted by molar-refractivity contribution is 7.10. The summed E-state index contributed by atoms with van der Waals surface area (Å²) in [7, 11) is 0. The molecule has 0 saturated heterocycles. The first-order chi connectivity index (χ1) is 9.24. The van der Waals surface area contributed by atoms with Crippen molar-refractivity contribution in [3.05, 3.63) is 33.8 Å². The summed E-state index contributed by atoms with van der Waals surface area (Å²) in [6.45, 7) is 5.13. The van der Waals surface area contributed by atoms with E-state index in [9.17, 15) is 0 Å². The fraction of sp³-hybridized carbons (Fsp3) is 0.533. The lowest BCUT2D eigenvalue weighted by atomic mass is 10.2. The van der Waals surface area contributed by atoms with Crippen molar-refractivity contribution < 1.29 is 0 Å². The Kier molecular flexibility index (Phi) is 3.60. The van der Waals surface area contributed by atoms with Crippen molar-refractivity contribution in [1.82, 2.24) is 9.55 Å². The van der Waals surface area contributed by atoms with Crippen molar-refractivity contribution in [3.8, 4) is 0 Å². The fourth-order valence-electron chi connectivity index (χ4n) is 2.85. The van der Waals surface area contributed by atoms with E-state index in [1.54, 1.807) is 0 Å². The molecule has 4 heteroatoms. The van der Waals surface area contributed by atoms with Crippen LogP contribution in [0.5, 0.6) is 0 Å². The van der Waals surface area contributed by atoms with Gasteiger partial charge in [-0.25, -0.2) is 4.98 Å². The molecule has 3 rings (SSSR count). The largest absolute Gasteiger partial charge is 0.351 e. The lowest BCUT2D eigenvalue weighted by Gasteiger charge is -2.15. The van der Waals surface area contributed by atoms with Gasteiger partial charge in [0, 0.05) is 17.1 Å². The zero-order chi connectivity index (χ0) is 13.2. The SMILES string of the molecule is Cc1cn(C2CCCC2)c(NCc2sccc2C)n1. The van der Waals surface area contributed by atoms with Crippen LogP contribution in [-0.4, -0.2) is 9.55 Å². The van der Waals surface area contributed by atoms with E-state index in [0.29, 0.717) is 6.04 Å². The predicted molar refractivity (Wildman–Crippen MR) is 80.9 cm³/mol. The zero-order valence-corrected chi connectivity index (χ0v) is 12.5. The van der Waals surface area contributed by atoms with E-state index < -0.39 is 0 Å². The molecule has 0 bridgehead atoms. The Labute approximate surface area is 118 Å². The van der Waals surface area contributed by atoms with Crippen LogP contribution < -0.4 is 5.32 Å². The fourth-order valence-corrected chi connectivity index (χ4v) is 3.70. The van der Waals surface area contributed by atoms with Crippen LogP contribution in [-0.2, 0) is 6.54 Å². The summed E-state index contributed by atoms with van der Waals surface area (Å²) < 4.78 is 2.35. The minimum atomic E-state index is 0.646. The molecule has 0 spiro atoms. The Bertz CT molecular complexity index is 549. The van der Waals surface area contributed by atoms with E-state index in [1.807, 2.05) is 11.3 Å². The van der Waals surface area contributed by atoms with Gasteiger partial charge in [-0.3, -0.25) is 0 Å². The van der Waals surface area contributed by atoms with Crippen molar-refractivity contribution in [2.45, 2.75) is 52.1 Å². The van der Waals surface area contributed by atoms with Gasteiger partial charge >= 0.3 is 0 Å². The van der Waals surface area contributed by atoms with Gasteiger partial charge in [0.25, 0.3) is 0 Å². The lowest BCUT2D eigenvalue weighted by Crippen LogP contribution is -2.10. The second kappa shape index (κ2) is 5.37. The van der Waals surface area contributed by atoms with Crippen LogP contribution in [0.25, 0.3) is 0 Å². The van der Waals surface area contributed by atoms with Crippen molar-refractivity contribution in [2.24, 2.45) is 0 Å². The smallest absolute Gasteiger partial charge is 0.203 e. The average molecular weight is 275 g/mol. The third-order valence-corrected chi connectivity index (χ3v) is 4.97. The van der Waals surface area contributed by atoms with E-state index in [1.165, 1.54) is 36.1 Å². The molecule has 19 heavy (non-hydrogen) atoms. The summed E-state index contributed by atoms with van der Waals surface area (Å²) in [4.78, 5) is 6.04. The van der Waals surface area contributed by atoms with Gasteiger partial charge in [0.15, 0.2) is 0 Å². The molecular weight excluding hydrogens is 254 g/mol. The molecule has 0 radical (unpaired) electrons. The molecule has 2 heterocycles. The maximum absolute atomic E-state index is 4.64. The zero-order valence-electron chi connectivity index (χ0n) is 11.6. The number of aryl methyl sites for hydroxylation is 2. The van der Waals surface area contributed by atoms with Crippen LogP contribution in [0.15, 0.2) is 17.6 Å². The molecule has 0 aromatic carbocycles. The minimum Gasteiger partial charge on any atom is -0.351 e. The first kappa shape index (κ1) is 12.7. The molecular formula is C15H21N3S. The van der Waals surface area contributed by atoms with Crippen molar-refractivity contribution >= 4 is 17.3 Å². The highest BCUT2D eigenvalue weighted by atomic mass is 32.1. The van der Waals surface area contributed by atoms with Gasteiger partial charge in [-0.1, -0.05) is 12.8 Å².